The number of nitrogens with zero attached hydrogens (tertiary/aromatic N) is 1. The number of aliphatic hydroxyl groups is 1. The van der Waals surface area contributed by atoms with Crippen molar-refractivity contribution in [2.45, 2.75) is 18.3 Å². The molecule has 1 amide bonds. The minimum absolute atomic E-state index is 0.0304. The number of amides is 1. The van der Waals surface area contributed by atoms with E-state index in [1.807, 2.05) is 35.2 Å². The van der Waals surface area contributed by atoms with Crippen molar-refractivity contribution in [1.82, 2.24) is 4.90 Å². The zero-order chi connectivity index (χ0) is 14.7. The lowest BCUT2D eigenvalue weighted by atomic mass is 9.74. The average Bonchev–Trinajstić information content (AvgIpc) is 3.09. The summed E-state index contributed by atoms with van der Waals surface area (Å²) < 4.78 is 4.99. The van der Waals surface area contributed by atoms with Gasteiger partial charge in [-0.1, -0.05) is 30.3 Å². The Hall–Kier alpha value is -2.07. The summed E-state index contributed by atoms with van der Waals surface area (Å²) >= 11 is 0. The second-order valence-electron chi connectivity index (χ2n) is 5.65. The van der Waals surface area contributed by atoms with Crippen LogP contribution in [0.15, 0.2) is 53.3 Å². The molecule has 1 aromatic carbocycles. The van der Waals surface area contributed by atoms with Crippen LogP contribution >= 0.6 is 0 Å². The van der Waals surface area contributed by atoms with Crippen LogP contribution in [0.1, 0.15) is 28.8 Å². The van der Waals surface area contributed by atoms with E-state index < -0.39 is 0 Å². The molecule has 1 aromatic heterocycles. The Labute approximate surface area is 124 Å². The normalized spacial score (nSPS) is 22.2. The Kier molecular flexibility index (Phi) is 3.80. The summed E-state index contributed by atoms with van der Waals surface area (Å²) in [6, 6.07) is 11.7. The average molecular weight is 285 g/mol. The zero-order valence-corrected chi connectivity index (χ0v) is 11.9. The van der Waals surface area contributed by atoms with Crippen LogP contribution in [-0.4, -0.2) is 35.6 Å². The summed E-state index contributed by atoms with van der Waals surface area (Å²) in [6.45, 7) is 1.31. The lowest BCUT2D eigenvalue weighted by Gasteiger charge is -2.42. The Morgan fingerprint density at radius 1 is 1.29 bits per heavy atom. The highest BCUT2D eigenvalue weighted by atomic mass is 16.3. The summed E-state index contributed by atoms with van der Waals surface area (Å²) in [5, 5.41) is 9.97. The maximum absolute atomic E-state index is 12.5. The molecule has 110 valence electrons. The van der Waals surface area contributed by atoms with Crippen molar-refractivity contribution in [3.05, 3.63) is 60.1 Å². The van der Waals surface area contributed by atoms with Crippen molar-refractivity contribution in [1.29, 1.82) is 0 Å². The van der Waals surface area contributed by atoms with E-state index in [9.17, 15) is 9.90 Å². The van der Waals surface area contributed by atoms with Gasteiger partial charge < -0.3 is 14.4 Å². The van der Waals surface area contributed by atoms with E-state index in [1.54, 1.807) is 6.07 Å². The van der Waals surface area contributed by atoms with E-state index >= 15 is 0 Å². The predicted molar refractivity (Wildman–Crippen MR) is 79.1 cm³/mol. The van der Waals surface area contributed by atoms with Gasteiger partial charge in [0.25, 0.3) is 5.91 Å². The Morgan fingerprint density at radius 2 is 2.10 bits per heavy atom. The second kappa shape index (κ2) is 5.74. The van der Waals surface area contributed by atoms with Gasteiger partial charge in [-0.15, -0.1) is 0 Å². The molecule has 0 bridgehead atoms. The SMILES string of the molecule is O=C(c1ccoc1)N1CCC[C@@](CO)(c2ccccc2)C1. The number of furan rings is 1. The van der Waals surface area contributed by atoms with E-state index in [2.05, 4.69) is 0 Å². The van der Waals surface area contributed by atoms with Crippen LogP contribution in [0.25, 0.3) is 0 Å². The molecule has 0 aliphatic carbocycles. The molecule has 2 aromatic rings. The summed E-state index contributed by atoms with van der Waals surface area (Å²) in [4.78, 5) is 14.3. The maximum Gasteiger partial charge on any atom is 0.257 e. The molecular formula is C17H19NO3. The fourth-order valence-electron chi connectivity index (χ4n) is 3.12. The summed E-state index contributed by atoms with van der Waals surface area (Å²) in [6.07, 6.45) is 4.76. The molecule has 1 fully saturated rings. The first kappa shape index (κ1) is 13.9. The zero-order valence-electron chi connectivity index (χ0n) is 11.9. The molecule has 1 aliphatic rings. The number of likely N-dealkylation sites (tertiary alicyclic amines) is 1. The molecule has 0 radical (unpaired) electrons. The Bertz CT molecular complexity index is 594. The minimum atomic E-state index is -0.362. The lowest BCUT2D eigenvalue weighted by molar-refractivity contribution is 0.0542. The van der Waals surface area contributed by atoms with Crippen molar-refractivity contribution in [2.24, 2.45) is 0 Å². The highest BCUT2D eigenvalue weighted by Gasteiger charge is 2.38. The minimum Gasteiger partial charge on any atom is -0.472 e. The number of carbonyl (C=O) groups is 1. The maximum atomic E-state index is 12.5. The van der Waals surface area contributed by atoms with Crippen LogP contribution in [0, 0.1) is 0 Å². The predicted octanol–water partition coefficient (Wildman–Crippen LogP) is 2.45. The van der Waals surface area contributed by atoms with Crippen LogP contribution in [-0.2, 0) is 5.41 Å². The van der Waals surface area contributed by atoms with Gasteiger partial charge in [0.1, 0.15) is 6.26 Å². The summed E-state index contributed by atoms with van der Waals surface area (Å²) in [5.41, 5.74) is 1.30. The number of carbonyl (C=O) groups excluding carboxylic acids is 1. The third-order valence-electron chi connectivity index (χ3n) is 4.32. The van der Waals surface area contributed by atoms with E-state index in [0.717, 1.165) is 24.9 Å². The molecule has 1 N–H and O–H groups in total. The van der Waals surface area contributed by atoms with Crippen LogP contribution in [0.3, 0.4) is 0 Å². The van der Waals surface area contributed by atoms with Gasteiger partial charge in [0.15, 0.2) is 0 Å². The molecular weight excluding hydrogens is 266 g/mol. The fourth-order valence-corrected chi connectivity index (χ4v) is 3.12. The van der Waals surface area contributed by atoms with Crippen LogP contribution in [0.2, 0.25) is 0 Å². The van der Waals surface area contributed by atoms with Gasteiger partial charge in [0.05, 0.1) is 18.4 Å². The quantitative estimate of drug-likeness (QED) is 0.942. The van der Waals surface area contributed by atoms with Crippen molar-refractivity contribution in [3.63, 3.8) is 0 Å². The molecule has 0 unspecified atom stereocenters. The smallest absolute Gasteiger partial charge is 0.257 e. The Balaban J connectivity index is 1.86. The van der Waals surface area contributed by atoms with Gasteiger partial charge in [0, 0.05) is 18.5 Å². The standard InChI is InChI=1S/C17H19NO3/c19-13-17(15-5-2-1-3-6-15)8-4-9-18(12-17)16(20)14-7-10-21-11-14/h1-3,5-7,10-11,19H,4,8-9,12-13H2/t17-/m1/s1. The van der Waals surface area contributed by atoms with Crippen molar-refractivity contribution in [2.75, 3.05) is 19.7 Å². The van der Waals surface area contributed by atoms with Gasteiger partial charge in [-0.2, -0.15) is 0 Å². The van der Waals surface area contributed by atoms with E-state index in [1.165, 1.54) is 12.5 Å². The highest BCUT2D eigenvalue weighted by molar-refractivity contribution is 5.94. The highest BCUT2D eigenvalue weighted by Crippen LogP contribution is 2.34. The molecule has 1 atom stereocenters. The molecule has 1 saturated heterocycles. The van der Waals surface area contributed by atoms with Crippen molar-refractivity contribution < 1.29 is 14.3 Å². The van der Waals surface area contributed by atoms with Gasteiger partial charge in [-0.25, -0.2) is 0 Å². The van der Waals surface area contributed by atoms with E-state index in [-0.39, 0.29) is 17.9 Å². The number of hydrogen-bond acceptors (Lipinski definition) is 3. The second-order valence-corrected chi connectivity index (χ2v) is 5.65. The molecule has 0 spiro atoms. The van der Waals surface area contributed by atoms with E-state index in [4.69, 9.17) is 4.42 Å². The molecule has 3 rings (SSSR count). The van der Waals surface area contributed by atoms with Crippen LogP contribution in [0.5, 0.6) is 0 Å². The number of rotatable bonds is 3. The topological polar surface area (TPSA) is 53.7 Å². The van der Waals surface area contributed by atoms with Crippen LogP contribution in [0.4, 0.5) is 0 Å². The first-order chi connectivity index (χ1) is 10.2. The number of benzene rings is 1. The van der Waals surface area contributed by atoms with Crippen LogP contribution < -0.4 is 0 Å². The van der Waals surface area contributed by atoms with Gasteiger partial charge in [-0.3, -0.25) is 4.79 Å². The number of aliphatic hydroxyl groups excluding tert-OH is 1. The molecule has 2 heterocycles. The molecule has 21 heavy (non-hydrogen) atoms. The van der Waals surface area contributed by atoms with Crippen molar-refractivity contribution in [3.8, 4) is 0 Å². The summed E-state index contributed by atoms with van der Waals surface area (Å²) in [7, 11) is 0. The third kappa shape index (κ3) is 2.59. The largest absolute Gasteiger partial charge is 0.472 e. The lowest BCUT2D eigenvalue weighted by Crippen LogP contribution is -2.50. The number of hydrogen-bond donors (Lipinski definition) is 1. The van der Waals surface area contributed by atoms with Crippen molar-refractivity contribution >= 4 is 5.91 Å². The molecule has 0 saturated carbocycles. The fraction of sp³-hybridized carbons (Fsp3) is 0.353. The number of piperidine rings is 1. The van der Waals surface area contributed by atoms with E-state index in [0.29, 0.717) is 12.1 Å². The third-order valence-corrected chi connectivity index (χ3v) is 4.32. The van der Waals surface area contributed by atoms with Gasteiger partial charge >= 0.3 is 0 Å². The summed E-state index contributed by atoms with van der Waals surface area (Å²) in [5.74, 6) is -0.0304. The Morgan fingerprint density at radius 3 is 2.76 bits per heavy atom. The molecule has 4 nitrogen and oxygen atoms in total. The molecule has 4 heteroatoms. The van der Waals surface area contributed by atoms with Gasteiger partial charge in [-0.05, 0) is 24.5 Å². The first-order valence-electron chi connectivity index (χ1n) is 7.23. The molecule has 1 aliphatic heterocycles. The van der Waals surface area contributed by atoms with Gasteiger partial charge in [0.2, 0.25) is 0 Å². The first-order valence-corrected chi connectivity index (χ1v) is 7.23. The monoisotopic (exact) mass is 285 g/mol.